The van der Waals surface area contributed by atoms with Crippen molar-refractivity contribution in [2.24, 2.45) is 0 Å². The van der Waals surface area contributed by atoms with E-state index in [4.69, 9.17) is 4.98 Å². The lowest BCUT2D eigenvalue weighted by atomic mass is 10.1. The highest BCUT2D eigenvalue weighted by Gasteiger charge is 2.16. The average Bonchev–Trinajstić information content (AvgIpc) is 3.26. The van der Waals surface area contributed by atoms with Crippen LogP contribution >= 0.6 is 11.3 Å². The highest BCUT2D eigenvalue weighted by molar-refractivity contribution is 7.18. The summed E-state index contributed by atoms with van der Waals surface area (Å²) in [7, 11) is 0. The van der Waals surface area contributed by atoms with Crippen molar-refractivity contribution in [2.75, 3.05) is 0 Å². The fourth-order valence-corrected chi connectivity index (χ4v) is 3.22. The Kier molecular flexibility index (Phi) is 3.21. The van der Waals surface area contributed by atoms with Crippen molar-refractivity contribution in [1.82, 2.24) is 25.2 Å². The lowest BCUT2D eigenvalue weighted by molar-refractivity contribution is 0.715. The zero-order valence-electron chi connectivity index (χ0n) is 11.5. The SMILES string of the molecule is c1ccc(-c2nc(-n3ncnn3)sc2-c2ccccc2)cc1. The van der Waals surface area contributed by atoms with E-state index in [0.29, 0.717) is 5.13 Å². The van der Waals surface area contributed by atoms with Gasteiger partial charge in [-0.05, 0) is 10.8 Å². The zero-order valence-corrected chi connectivity index (χ0v) is 12.3. The van der Waals surface area contributed by atoms with Crippen LogP contribution in [0.4, 0.5) is 0 Å². The summed E-state index contributed by atoms with van der Waals surface area (Å²) in [6.07, 6.45) is 1.41. The zero-order chi connectivity index (χ0) is 14.8. The lowest BCUT2D eigenvalue weighted by Crippen LogP contribution is -1.97. The fraction of sp³-hybridized carbons (Fsp3) is 0. The minimum absolute atomic E-state index is 0.704. The number of nitrogens with zero attached hydrogens (tertiary/aromatic N) is 5. The van der Waals surface area contributed by atoms with Gasteiger partial charge in [0.05, 0.1) is 10.6 Å². The van der Waals surface area contributed by atoms with E-state index in [1.165, 1.54) is 11.1 Å². The third-order valence-corrected chi connectivity index (χ3v) is 4.29. The van der Waals surface area contributed by atoms with Crippen molar-refractivity contribution >= 4 is 11.3 Å². The number of rotatable bonds is 3. The number of hydrogen-bond donors (Lipinski definition) is 0. The molecule has 0 amide bonds. The molecule has 0 saturated carbocycles. The van der Waals surface area contributed by atoms with E-state index in [2.05, 4.69) is 39.7 Å². The van der Waals surface area contributed by atoms with E-state index >= 15 is 0 Å². The molecule has 0 aliphatic carbocycles. The van der Waals surface area contributed by atoms with Gasteiger partial charge in [-0.3, -0.25) is 0 Å². The Hall–Kier alpha value is -2.86. The maximum absolute atomic E-state index is 4.72. The molecule has 0 aliphatic rings. The second-order valence-electron chi connectivity index (χ2n) is 4.63. The summed E-state index contributed by atoms with van der Waals surface area (Å²) in [6.45, 7) is 0. The minimum Gasteiger partial charge on any atom is -0.216 e. The van der Waals surface area contributed by atoms with Crippen LogP contribution in [0.5, 0.6) is 0 Å². The van der Waals surface area contributed by atoms with Crippen LogP contribution in [0.1, 0.15) is 0 Å². The predicted molar refractivity (Wildman–Crippen MR) is 85.7 cm³/mol. The first kappa shape index (κ1) is 12.8. The minimum atomic E-state index is 0.704. The van der Waals surface area contributed by atoms with Crippen molar-refractivity contribution in [3.63, 3.8) is 0 Å². The first-order chi connectivity index (χ1) is 10.9. The first-order valence-electron chi connectivity index (χ1n) is 6.77. The summed E-state index contributed by atoms with van der Waals surface area (Å²) in [5.41, 5.74) is 3.14. The maximum atomic E-state index is 4.72. The molecule has 5 nitrogen and oxygen atoms in total. The van der Waals surface area contributed by atoms with Gasteiger partial charge in [0.15, 0.2) is 6.33 Å². The number of aromatic nitrogens is 5. The average molecular weight is 305 g/mol. The highest BCUT2D eigenvalue weighted by atomic mass is 32.1. The topological polar surface area (TPSA) is 56.5 Å². The van der Waals surface area contributed by atoms with Crippen LogP contribution in [-0.2, 0) is 0 Å². The molecule has 0 atom stereocenters. The molecule has 0 bridgehead atoms. The van der Waals surface area contributed by atoms with Gasteiger partial charge in [-0.2, -0.15) is 0 Å². The molecule has 0 unspecified atom stereocenters. The molecule has 106 valence electrons. The number of benzene rings is 2. The summed E-state index contributed by atoms with van der Waals surface area (Å²) in [5.74, 6) is 0. The Morgan fingerprint density at radius 3 is 2.14 bits per heavy atom. The summed E-state index contributed by atoms with van der Waals surface area (Å²) < 4.78 is 0. The highest BCUT2D eigenvalue weighted by Crippen LogP contribution is 2.37. The summed E-state index contributed by atoms with van der Waals surface area (Å²) in [5, 5.41) is 12.5. The number of tetrazole rings is 1. The molecule has 0 N–H and O–H groups in total. The molecule has 0 fully saturated rings. The smallest absolute Gasteiger partial charge is 0.216 e. The predicted octanol–water partition coefficient (Wildman–Crippen LogP) is 3.45. The molecule has 0 spiro atoms. The normalized spacial score (nSPS) is 10.7. The lowest BCUT2D eigenvalue weighted by Gasteiger charge is -2.02. The third kappa shape index (κ3) is 2.29. The molecule has 2 heterocycles. The summed E-state index contributed by atoms with van der Waals surface area (Å²) in [4.78, 5) is 7.26. The molecule has 6 heteroatoms. The van der Waals surface area contributed by atoms with Crippen LogP contribution in [0.15, 0.2) is 67.0 Å². The summed E-state index contributed by atoms with van der Waals surface area (Å²) >= 11 is 1.55. The first-order valence-corrected chi connectivity index (χ1v) is 7.58. The molecule has 4 rings (SSSR count). The fourth-order valence-electron chi connectivity index (χ4n) is 2.23. The molecular formula is C16H11N5S. The number of thiazole rings is 1. The van der Waals surface area contributed by atoms with Crippen LogP contribution in [0, 0.1) is 0 Å². The van der Waals surface area contributed by atoms with Gasteiger partial charge in [0.2, 0.25) is 5.13 Å². The van der Waals surface area contributed by atoms with Gasteiger partial charge in [0, 0.05) is 5.56 Å². The maximum Gasteiger partial charge on any atom is 0.232 e. The summed E-state index contributed by atoms with van der Waals surface area (Å²) in [6, 6.07) is 20.4. The molecule has 2 aromatic carbocycles. The second-order valence-corrected chi connectivity index (χ2v) is 5.61. The third-order valence-electron chi connectivity index (χ3n) is 3.22. The molecule has 0 aliphatic heterocycles. The van der Waals surface area contributed by atoms with Gasteiger partial charge in [0.1, 0.15) is 0 Å². The Bertz CT molecular complexity index is 813. The van der Waals surface area contributed by atoms with Gasteiger partial charge in [-0.1, -0.05) is 72.0 Å². The quantitative estimate of drug-likeness (QED) is 0.581. The standard InChI is InChI=1S/C16H11N5S/c1-3-7-12(8-4-1)14-15(13-9-5-2-6-10-13)22-16(19-14)21-18-11-17-20-21/h1-11H. The van der Waals surface area contributed by atoms with E-state index in [1.54, 1.807) is 11.3 Å². The molecule has 22 heavy (non-hydrogen) atoms. The van der Waals surface area contributed by atoms with E-state index in [9.17, 15) is 0 Å². The molecule has 4 aromatic rings. The van der Waals surface area contributed by atoms with Crippen LogP contribution in [0.25, 0.3) is 26.8 Å². The Morgan fingerprint density at radius 2 is 1.50 bits per heavy atom. The van der Waals surface area contributed by atoms with Crippen LogP contribution < -0.4 is 0 Å². The number of hydrogen-bond acceptors (Lipinski definition) is 5. The Morgan fingerprint density at radius 1 is 0.818 bits per heavy atom. The van der Waals surface area contributed by atoms with Crippen molar-refractivity contribution in [3.05, 3.63) is 67.0 Å². The van der Waals surface area contributed by atoms with E-state index in [-0.39, 0.29) is 0 Å². The van der Waals surface area contributed by atoms with Gasteiger partial charge in [-0.25, -0.2) is 4.98 Å². The van der Waals surface area contributed by atoms with Crippen LogP contribution in [-0.4, -0.2) is 25.2 Å². The second kappa shape index (κ2) is 5.50. The Labute approximate surface area is 130 Å². The van der Waals surface area contributed by atoms with Gasteiger partial charge < -0.3 is 0 Å². The van der Waals surface area contributed by atoms with Gasteiger partial charge in [0.25, 0.3) is 0 Å². The largest absolute Gasteiger partial charge is 0.232 e. The van der Waals surface area contributed by atoms with Crippen molar-refractivity contribution in [2.45, 2.75) is 0 Å². The van der Waals surface area contributed by atoms with Crippen molar-refractivity contribution in [1.29, 1.82) is 0 Å². The van der Waals surface area contributed by atoms with E-state index in [1.807, 2.05) is 36.4 Å². The van der Waals surface area contributed by atoms with E-state index in [0.717, 1.165) is 21.7 Å². The van der Waals surface area contributed by atoms with Crippen LogP contribution in [0.2, 0.25) is 0 Å². The Balaban J connectivity index is 1.92. The van der Waals surface area contributed by atoms with Crippen molar-refractivity contribution in [3.8, 4) is 26.8 Å². The van der Waals surface area contributed by atoms with Crippen LogP contribution in [0.3, 0.4) is 0 Å². The van der Waals surface area contributed by atoms with Gasteiger partial charge >= 0.3 is 0 Å². The molecule has 0 saturated heterocycles. The van der Waals surface area contributed by atoms with Gasteiger partial charge in [-0.15, -0.1) is 15.0 Å². The monoisotopic (exact) mass is 305 g/mol. The molecule has 2 aromatic heterocycles. The van der Waals surface area contributed by atoms with E-state index < -0.39 is 0 Å². The van der Waals surface area contributed by atoms with Crippen molar-refractivity contribution < 1.29 is 0 Å². The molecule has 0 radical (unpaired) electrons. The molecular weight excluding hydrogens is 294 g/mol.